The molecule has 1 saturated heterocycles. The first-order chi connectivity index (χ1) is 11.8. The number of nitrogens with one attached hydrogen (secondary N) is 1. The van der Waals surface area contributed by atoms with Crippen molar-refractivity contribution in [3.8, 4) is 0 Å². The van der Waals surface area contributed by atoms with E-state index < -0.39 is 0 Å². The minimum absolute atomic E-state index is 0.345. The SMILES string of the molecule is COC(=O)/C=C/c1ccc(C2CCCN2CCc2nn[nH]n2)cc1. The molecular formula is C17H21N5O2. The fourth-order valence-corrected chi connectivity index (χ4v) is 3.06. The predicted octanol–water partition coefficient (Wildman–Crippen LogP) is 1.77. The quantitative estimate of drug-likeness (QED) is 0.643. The fourth-order valence-electron chi connectivity index (χ4n) is 3.06. The molecule has 2 aromatic rings. The molecule has 7 nitrogen and oxygen atoms in total. The van der Waals surface area contributed by atoms with E-state index in [0.717, 1.165) is 37.3 Å². The van der Waals surface area contributed by atoms with Gasteiger partial charge in [-0.3, -0.25) is 4.90 Å². The van der Waals surface area contributed by atoms with Gasteiger partial charge in [0.2, 0.25) is 0 Å². The van der Waals surface area contributed by atoms with Crippen LogP contribution in [0.4, 0.5) is 0 Å². The molecule has 0 radical (unpaired) electrons. The summed E-state index contributed by atoms with van der Waals surface area (Å²) in [5.41, 5.74) is 2.29. The summed E-state index contributed by atoms with van der Waals surface area (Å²) in [7, 11) is 1.37. The molecular weight excluding hydrogens is 306 g/mol. The van der Waals surface area contributed by atoms with Crippen LogP contribution in [-0.2, 0) is 16.0 Å². The molecule has 1 unspecified atom stereocenters. The summed E-state index contributed by atoms with van der Waals surface area (Å²) in [6.45, 7) is 2.01. The van der Waals surface area contributed by atoms with E-state index in [2.05, 4.69) is 42.4 Å². The van der Waals surface area contributed by atoms with Gasteiger partial charge in [0.15, 0.2) is 5.82 Å². The number of carbonyl (C=O) groups is 1. The molecule has 1 aromatic carbocycles. The van der Waals surface area contributed by atoms with Gasteiger partial charge in [0.25, 0.3) is 0 Å². The zero-order valence-corrected chi connectivity index (χ0v) is 13.7. The van der Waals surface area contributed by atoms with Crippen LogP contribution in [0.1, 0.15) is 35.8 Å². The normalized spacial score (nSPS) is 18.3. The molecule has 1 aromatic heterocycles. The van der Waals surface area contributed by atoms with E-state index in [1.165, 1.54) is 25.2 Å². The first kappa shape index (κ1) is 16.3. The van der Waals surface area contributed by atoms with Crippen LogP contribution in [0.2, 0.25) is 0 Å². The molecule has 2 heterocycles. The number of rotatable bonds is 6. The third kappa shape index (κ3) is 4.05. The number of H-pyrrole nitrogens is 1. The van der Waals surface area contributed by atoms with Crippen LogP contribution in [0.3, 0.4) is 0 Å². The van der Waals surface area contributed by atoms with Crippen molar-refractivity contribution in [1.82, 2.24) is 25.5 Å². The lowest BCUT2D eigenvalue weighted by molar-refractivity contribution is -0.134. The number of methoxy groups -OCH3 is 1. The number of benzene rings is 1. The molecule has 0 amide bonds. The lowest BCUT2D eigenvalue weighted by atomic mass is 10.0. The highest BCUT2D eigenvalue weighted by atomic mass is 16.5. The highest BCUT2D eigenvalue weighted by Crippen LogP contribution is 2.31. The molecule has 1 N–H and O–H groups in total. The molecule has 1 aliphatic heterocycles. The Morgan fingerprint density at radius 3 is 2.96 bits per heavy atom. The van der Waals surface area contributed by atoms with E-state index in [-0.39, 0.29) is 5.97 Å². The summed E-state index contributed by atoms with van der Waals surface area (Å²) >= 11 is 0. The Morgan fingerprint density at radius 2 is 2.25 bits per heavy atom. The average Bonchev–Trinajstić information content (AvgIpc) is 3.29. The van der Waals surface area contributed by atoms with E-state index in [1.807, 2.05) is 12.1 Å². The maximum Gasteiger partial charge on any atom is 0.330 e. The highest BCUT2D eigenvalue weighted by molar-refractivity contribution is 5.86. The van der Waals surface area contributed by atoms with Crippen molar-refractivity contribution >= 4 is 12.0 Å². The van der Waals surface area contributed by atoms with Crippen LogP contribution in [0.5, 0.6) is 0 Å². The van der Waals surface area contributed by atoms with E-state index in [4.69, 9.17) is 0 Å². The first-order valence-corrected chi connectivity index (χ1v) is 8.08. The highest BCUT2D eigenvalue weighted by Gasteiger charge is 2.25. The lowest BCUT2D eigenvalue weighted by Gasteiger charge is -2.24. The van der Waals surface area contributed by atoms with Crippen molar-refractivity contribution in [2.24, 2.45) is 0 Å². The second kappa shape index (κ2) is 7.83. The Morgan fingerprint density at radius 1 is 1.42 bits per heavy atom. The maximum atomic E-state index is 11.1. The molecule has 0 saturated carbocycles. The Balaban J connectivity index is 1.62. The van der Waals surface area contributed by atoms with Crippen molar-refractivity contribution in [2.75, 3.05) is 20.2 Å². The first-order valence-electron chi connectivity index (χ1n) is 8.08. The number of tetrazole rings is 1. The van der Waals surface area contributed by atoms with E-state index >= 15 is 0 Å². The van der Waals surface area contributed by atoms with Crippen molar-refractivity contribution in [2.45, 2.75) is 25.3 Å². The summed E-state index contributed by atoms with van der Waals surface area (Å²) in [4.78, 5) is 13.6. The Bertz CT molecular complexity index is 682. The molecule has 24 heavy (non-hydrogen) atoms. The molecule has 1 aliphatic rings. The lowest BCUT2D eigenvalue weighted by Crippen LogP contribution is -2.26. The van der Waals surface area contributed by atoms with Gasteiger partial charge >= 0.3 is 5.97 Å². The van der Waals surface area contributed by atoms with Gasteiger partial charge in [0.05, 0.1) is 7.11 Å². The number of hydrogen-bond acceptors (Lipinski definition) is 6. The molecule has 1 atom stereocenters. The monoisotopic (exact) mass is 327 g/mol. The van der Waals surface area contributed by atoms with E-state index in [9.17, 15) is 4.79 Å². The standard InChI is InChI=1S/C17H21N5O2/c1-24-17(23)9-6-13-4-7-14(8-5-13)15-3-2-11-22(15)12-10-16-18-20-21-19-16/h4-9,15H,2-3,10-12H2,1H3,(H,18,19,20,21)/b9-6+. The number of likely N-dealkylation sites (tertiary alicyclic amines) is 1. The van der Waals surface area contributed by atoms with Gasteiger partial charge in [-0.1, -0.05) is 29.5 Å². The molecule has 0 bridgehead atoms. The maximum absolute atomic E-state index is 11.1. The zero-order valence-electron chi connectivity index (χ0n) is 13.7. The number of nitrogens with zero attached hydrogens (tertiary/aromatic N) is 4. The third-order valence-electron chi connectivity index (χ3n) is 4.31. The average molecular weight is 327 g/mol. The molecule has 3 rings (SSSR count). The van der Waals surface area contributed by atoms with Crippen LogP contribution < -0.4 is 0 Å². The Kier molecular flexibility index (Phi) is 5.32. The smallest absolute Gasteiger partial charge is 0.330 e. The van der Waals surface area contributed by atoms with Crippen molar-refractivity contribution < 1.29 is 9.53 Å². The molecule has 7 heteroatoms. The summed E-state index contributed by atoms with van der Waals surface area (Å²) in [6.07, 6.45) is 6.34. The molecule has 0 spiro atoms. The Labute approximate surface area is 140 Å². The van der Waals surface area contributed by atoms with Gasteiger partial charge in [-0.15, -0.1) is 10.2 Å². The topological polar surface area (TPSA) is 84.0 Å². The number of carbonyl (C=O) groups excluding carboxylic acids is 1. The molecule has 0 aliphatic carbocycles. The van der Waals surface area contributed by atoms with Crippen molar-refractivity contribution in [3.05, 3.63) is 47.3 Å². The molecule has 1 fully saturated rings. The largest absolute Gasteiger partial charge is 0.466 e. The number of aromatic nitrogens is 4. The summed E-state index contributed by atoms with van der Waals surface area (Å²) in [6, 6.07) is 8.76. The van der Waals surface area contributed by atoms with Crippen molar-refractivity contribution in [3.63, 3.8) is 0 Å². The molecule has 126 valence electrons. The number of hydrogen-bond donors (Lipinski definition) is 1. The Hall–Kier alpha value is -2.54. The van der Waals surface area contributed by atoms with Gasteiger partial charge in [-0.2, -0.15) is 5.21 Å². The van der Waals surface area contributed by atoms with Gasteiger partial charge in [0, 0.05) is 25.1 Å². The number of esters is 1. The fraction of sp³-hybridized carbons (Fsp3) is 0.412. The van der Waals surface area contributed by atoms with Gasteiger partial charge in [-0.05, 0) is 36.6 Å². The third-order valence-corrected chi connectivity index (χ3v) is 4.31. The second-order valence-electron chi connectivity index (χ2n) is 5.80. The van der Waals surface area contributed by atoms with Crippen LogP contribution in [0.25, 0.3) is 6.08 Å². The van der Waals surface area contributed by atoms with Crippen molar-refractivity contribution in [1.29, 1.82) is 0 Å². The zero-order chi connectivity index (χ0) is 16.8. The second-order valence-corrected chi connectivity index (χ2v) is 5.80. The minimum Gasteiger partial charge on any atom is -0.466 e. The van der Waals surface area contributed by atoms with E-state index in [1.54, 1.807) is 6.08 Å². The van der Waals surface area contributed by atoms with E-state index in [0.29, 0.717) is 6.04 Å². The summed E-state index contributed by atoms with van der Waals surface area (Å²) in [5.74, 6) is 0.409. The summed E-state index contributed by atoms with van der Waals surface area (Å²) < 4.78 is 4.60. The van der Waals surface area contributed by atoms with Crippen LogP contribution in [0, 0.1) is 0 Å². The van der Waals surface area contributed by atoms with Crippen LogP contribution in [0.15, 0.2) is 30.3 Å². The van der Waals surface area contributed by atoms with Crippen LogP contribution >= 0.6 is 0 Å². The minimum atomic E-state index is -0.345. The van der Waals surface area contributed by atoms with Gasteiger partial charge in [-0.25, -0.2) is 4.79 Å². The van der Waals surface area contributed by atoms with Gasteiger partial charge < -0.3 is 4.74 Å². The van der Waals surface area contributed by atoms with Crippen LogP contribution in [-0.4, -0.2) is 51.7 Å². The van der Waals surface area contributed by atoms with Gasteiger partial charge in [0.1, 0.15) is 0 Å². The summed E-state index contributed by atoms with van der Waals surface area (Å²) in [5, 5.41) is 14.1. The predicted molar refractivity (Wildman–Crippen MR) is 88.9 cm³/mol. The number of ether oxygens (including phenoxy) is 1. The number of aromatic amines is 1.